The predicted molar refractivity (Wildman–Crippen MR) is 135 cm³/mol. The molecule has 1 aliphatic heterocycles. The molecule has 1 aromatic carbocycles. The molecule has 35 heavy (non-hydrogen) atoms. The number of carbonyl (C=O) groups excluding carboxylic acids is 3. The number of fused-ring (bicyclic) bond motifs is 1. The van der Waals surface area contributed by atoms with E-state index < -0.39 is 17.8 Å². The molecule has 1 saturated heterocycles. The highest BCUT2D eigenvalue weighted by Crippen LogP contribution is 2.38. The number of hydrogen-bond donors (Lipinski definition) is 1. The van der Waals surface area contributed by atoms with Crippen molar-refractivity contribution < 1.29 is 14.4 Å². The van der Waals surface area contributed by atoms with Crippen LogP contribution in [0.1, 0.15) is 45.8 Å². The number of carbonyl (C=O) groups is 3. The van der Waals surface area contributed by atoms with Crippen molar-refractivity contribution in [1.29, 1.82) is 5.26 Å². The third-order valence-corrected chi connectivity index (χ3v) is 7.92. The monoisotopic (exact) mass is 504 g/mol. The molecule has 0 spiro atoms. The Morgan fingerprint density at radius 3 is 2.66 bits per heavy atom. The van der Waals surface area contributed by atoms with Gasteiger partial charge in [0.1, 0.15) is 16.6 Å². The summed E-state index contributed by atoms with van der Waals surface area (Å²) in [4.78, 5) is 40.5. The Balaban J connectivity index is 1.58. The van der Waals surface area contributed by atoms with Crippen molar-refractivity contribution in [2.75, 3.05) is 4.90 Å². The van der Waals surface area contributed by atoms with Gasteiger partial charge in [-0.3, -0.25) is 14.9 Å². The topological polar surface area (TPSA) is 95.2 Å². The molecule has 0 unspecified atom stereocenters. The molecule has 9 heteroatoms. The number of barbiturate groups is 1. The van der Waals surface area contributed by atoms with Gasteiger partial charge < -0.3 is 4.57 Å². The molecule has 0 bridgehead atoms. The second-order valence-corrected chi connectivity index (χ2v) is 10.1. The molecule has 0 atom stereocenters. The second kappa shape index (κ2) is 8.84. The van der Waals surface area contributed by atoms with E-state index in [4.69, 9.17) is 11.6 Å². The number of aromatic nitrogens is 1. The van der Waals surface area contributed by atoms with Gasteiger partial charge in [-0.25, -0.2) is 9.69 Å². The minimum Gasteiger partial charge on any atom is -0.308 e. The first-order valence-corrected chi connectivity index (χ1v) is 12.4. The average molecular weight is 505 g/mol. The van der Waals surface area contributed by atoms with Crippen LogP contribution in [-0.2, 0) is 22.4 Å². The molecule has 1 aliphatic carbocycles. The molecule has 0 radical (unpaired) electrons. The fourth-order valence-corrected chi connectivity index (χ4v) is 6.37. The smallest absolute Gasteiger partial charge is 0.308 e. The van der Waals surface area contributed by atoms with E-state index in [0.717, 1.165) is 52.5 Å². The summed E-state index contributed by atoms with van der Waals surface area (Å²) < 4.78 is 2.01. The number of nitrogens with zero attached hydrogens (tertiary/aromatic N) is 3. The number of nitrogens with one attached hydrogen (secondary N) is 1. The van der Waals surface area contributed by atoms with Crippen molar-refractivity contribution in [1.82, 2.24) is 9.88 Å². The number of hydrogen-bond acceptors (Lipinski definition) is 5. The average Bonchev–Trinajstić information content (AvgIpc) is 3.32. The van der Waals surface area contributed by atoms with Gasteiger partial charge in [0.2, 0.25) is 0 Å². The Labute approximate surface area is 211 Å². The number of imide groups is 2. The van der Waals surface area contributed by atoms with Gasteiger partial charge in [0.15, 0.2) is 0 Å². The van der Waals surface area contributed by atoms with Crippen LogP contribution in [0.15, 0.2) is 35.9 Å². The standard InChI is InChI=1S/C26H21ClN4O3S/c1-14-10-16(15(2)30(14)25-21(13-28)19-8-3-4-9-22(19)35-25)11-20-23(32)29-26(34)31(24(20)33)18-7-5-6-17(27)12-18/h5-7,10-12H,3-4,8-9H2,1-2H3,(H,29,32,34)/b20-11+. The SMILES string of the molecule is Cc1cc(/C=C2\C(=O)NC(=O)N(c3cccc(Cl)c3)C2=O)c(C)n1-c1sc2c(c1C#N)CCCC2. The number of nitriles is 1. The van der Waals surface area contributed by atoms with E-state index >= 15 is 0 Å². The van der Waals surface area contributed by atoms with Gasteiger partial charge in [-0.2, -0.15) is 5.26 Å². The number of anilines is 1. The van der Waals surface area contributed by atoms with Gasteiger partial charge in [-0.1, -0.05) is 17.7 Å². The van der Waals surface area contributed by atoms with Crippen LogP contribution in [-0.4, -0.2) is 22.4 Å². The minimum atomic E-state index is -0.826. The number of aryl methyl sites for hydroxylation is 2. The van der Waals surface area contributed by atoms with Gasteiger partial charge in [0, 0.05) is 21.3 Å². The first kappa shape index (κ1) is 23.1. The lowest BCUT2D eigenvalue weighted by atomic mass is 9.96. The molecule has 1 N–H and O–H groups in total. The molecular weight excluding hydrogens is 484 g/mol. The summed E-state index contributed by atoms with van der Waals surface area (Å²) in [6.45, 7) is 3.82. The number of rotatable bonds is 3. The first-order valence-electron chi connectivity index (χ1n) is 11.2. The van der Waals surface area contributed by atoms with Crippen molar-refractivity contribution in [2.24, 2.45) is 0 Å². The third kappa shape index (κ3) is 3.87. The van der Waals surface area contributed by atoms with E-state index in [0.29, 0.717) is 16.1 Å². The first-order chi connectivity index (χ1) is 16.8. The molecule has 176 valence electrons. The summed E-state index contributed by atoms with van der Waals surface area (Å²) in [5.41, 5.74) is 4.31. The van der Waals surface area contributed by atoms with Gasteiger partial charge in [-0.05, 0) is 81.0 Å². The molecule has 2 aromatic heterocycles. The summed E-state index contributed by atoms with van der Waals surface area (Å²) in [5, 5.41) is 13.4. The summed E-state index contributed by atoms with van der Waals surface area (Å²) in [7, 11) is 0. The van der Waals surface area contributed by atoms with Crippen LogP contribution in [0.2, 0.25) is 5.02 Å². The van der Waals surface area contributed by atoms with E-state index in [1.807, 2.05) is 24.5 Å². The maximum Gasteiger partial charge on any atom is 0.335 e. The third-order valence-electron chi connectivity index (χ3n) is 6.41. The second-order valence-electron chi connectivity index (χ2n) is 8.60. The van der Waals surface area contributed by atoms with E-state index in [1.165, 1.54) is 17.0 Å². The largest absolute Gasteiger partial charge is 0.335 e. The normalized spacial score (nSPS) is 16.9. The Kier molecular flexibility index (Phi) is 5.83. The molecular formula is C26H21ClN4O3S. The molecule has 0 saturated carbocycles. The highest BCUT2D eigenvalue weighted by atomic mass is 35.5. The lowest BCUT2D eigenvalue weighted by Gasteiger charge is -2.26. The van der Waals surface area contributed by atoms with Crippen LogP contribution in [0.25, 0.3) is 11.1 Å². The Bertz CT molecular complexity index is 1490. The Morgan fingerprint density at radius 2 is 1.91 bits per heavy atom. The van der Waals surface area contributed by atoms with Crippen LogP contribution >= 0.6 is 22.9 Å². The quantitative estimate of drug-likeness (QED) is 0.390. The number of benzene rings is 1. The van der Waals surface area contributed by atoms with E-state index in [-0.39, 0.29) is 11.3 Å². The van der Waals surface area contributed by atoms with Crippen molar-refractivity contribution in [2.45, 2.75) is 39.5 Å². The lowest BCUT2D eigenvalue weighted by molar-refractivity contribution is -0.122. The molecule has 2 aliphatic rings. The molecule has 3 heterocycles. The summed E-state index contributed by atoms with van der Waals surface area (Å²) in [6, 6.07) is 9.76. The van der Waals surface area contributed by atoms with Gasteiger partial charge in [0.05, 0.1) is 11.3 Å². The Morgan fingerprint density at radius 1 is 1.14 bits per heavy atom. The molecule has 1 fully saturated rings. The fourth-order valence-electron chi connectivity index (χ4n) is 4.73. The molecule has 3 aromatic rings. The van der Waals surface area contributed by atoms with E-state index in [9.17, 15) is 19.6 Å². The maximum atomic E-state index is 13.3. The number of halogens is 1. The summed E-state index contributed by atoms with van der Waals surface area (Å²) >= 11 is 7.68. The zero-order valence-electron chi connectivity index (χ0n) is 19.1. The summed E-state index contributed by atoms with van der Waals surface area (Å²) in [5.74, 6) is -1.48. The van der Waals surface area contributed by atoms with E-state index in [2.05, 4.69) is 11.4 Å². The number of amides is 4. The number of urea groups is 1. The van der Waals surface area contributed by atoms with Crippen molar-refractivity contribution in [3.05, 3.63) is 73.9 Å². The zero-order valence-corrected chi connectivity index (χ0v) is 20.7. The Hall–Kier alpha value is -3.67. The van der Waals surface area contributed by atoms with Crippen molar-refractivity contribution in [3.63, 3.8) is 0 Å². The van der Waals surface area contributed by atoms with Crippen LogP contribution in [0.5, 0.6) is 0 Å². The molecule has 7 nitrogen and oxygen atoms in total. The van der Waals surface area contributed by atoms with Crippen LogP contribution in [0.3, 0.4) is 0 Å². The van der Waals surface area contributed by atoms with Crippen molar-refractivity contribution in [3.8, 4) is 11.1 Å². The zero-order chi connectivity index (χ0) is 24.9. The fraction of sp³-hybridized carbons (Fsp3) is 0.231. The summed E-state index contributed by atoms with van der Waals surface area (Å²) in [6.07, 6.45) is 5.59. The van der Waals surface area contributed by atoms with Gasteiger partial charge >= 0.3 is 6.03 Å². The number of thiophene rings is 1. The highest BCUT2D eigenvalue weighted by molar-refractivity contribution is 7.15. The minimum absolute atomic E-state index is 0.157. The highest BCUT2D eigenvalue weighted by Gasteiger charge is 2.37. The van der Waals surface area contributed by atoms with Gasteiger partial charge in [-0.15, -0.1) is 11.3 Å². The molecule has 4 amide bonds. The lowest BCUT2D eigenvalue weighted by Crippen LogP contribution is -2.54. The van der Waals surface area contributed by atoms with Crippen molar-refractivity contribution >= 4 is 52.5 Å². The van der Waals surface area contributed by atoms with Gasteiger partial charge in [0.25, 0.3) is 11.8 Å². The van der Waals surface area contributed by atoms with E-state index in [1.54, 1.807) is 29.5 Å². The maximum absolute atomic E-state index is 13.3. The van der Waals surface area contributed by atoms with Crippen LogP contribution < -0.4 is 10.2 Å². The van der Waals surface area contributed by atoms with Crippen LogP contribution in [0, 0.1) is 25.2 Å². The molecule has 5 rings (SSSR count). The predicted octanol–water partition coefficient (Wildman–Crippen LogP) is 5.23. The van der Waals surface area contributed by atoms with Crippen LogP contribution in [0.4, 0.5) is 10.5 Å².